The highest BCUT2D eigenvalue weighted by Crippen LogP contribution is 2.21. The van der Waals surface area contributed by atoms with Crippen molar-refractivity contribution in [3.8, 4) is 0 Å². The lowest BCUT2D eigenvalue weighted by molar-refractivity contribution is 0.164. The van der Waals surface area contributed by atoms with Crippen molar-refractivity contribution in [1.82, 2.24) is 15.1 Å². The summed E-state index contributed by atoms with van der Waals surface area (Å²) < 4.78 is 0. The smallest absolute Gasteiger partial charge is 0.320 e. The van der Waals surface area contributed by atoms with Gasteiger partial charge in [0.1, 0.15) is 0 Å². The van der Waals surface area contributed by atoms with Crippen LogP contribution in [0.15, 0.2) is 24.3 Å². The van der Waals surface area contributed by atoms with E-state index in [1.165, 1.54) is 11.1 Å². The summed E-state index contributed by atoms with van der Waals surface area (Å²) in [5.41, 5.74) is 2.52. The van der Waals surface area contributed by atoms with Crippen LogP contribution >= 0.6 is 0 Å². The van der Waals surface area contributed by atoms with Crippen molar-refractivity contribution in [3.63, 3.8) is 0 Å². The lowest BCUT2D eigenvalue weighted by atomic mass is 10.1. The highest BCUT2D eigenvalue weighted by Gasteiger charge is 2.34. The molecule has 0 radical (unpaired) electrons. The third kappa shape index (κ3) is 2.66. The van der Waals surface area contributed by atoms with E-state index < -0.39 is 0 Å². The maximum Gasteiger partial charge on any atom is 0.320 e. The molecule has 2 heterocycles. The number of nitrogens with one attached hydrogen (secondary N) is 1. The summed E-state index contributed by atoms with van der Waals surface area (Å²) in [6.45, 7) is 6.67. The predicted molar refractivity (Wildman–Crippen MR) is 79.6 cm³/mol. The SMILES string of the molecule is Cc1ccccc1CN1CCN(C2CCNCC2)C1=O. The van der Waals surface area contributed by atoms with Gasteiger partial charge in [-0.3, -0.25) is 0 Å². The van der Waals surface area contributed by atoms with Crippen molar-refractivity contribution in [2.45, 2.75) is 32.4 Å². The van der Waals surface area contributed by atoms with E-state index in [0.717, 1.165) is 45.6 Å². The van der Waals surface area contributed by atoms with Gasteiger partial charge in [-0.1, -0.05) is 24.3 Å². The molecule has 0 aromatic heterocycles. The number of carbonyl (C=O) groups is 1. The van der Waals surface area contributed by atoms with Gasteiger partial charge in [-0.2, -0.15) is 0 Å². The molecule has 1 N–H and O–H groups in total. The summed E-state index contributed by atoms with van der Waals surface area (Å²) in [7, 11) is 0. The minimum absolute atomic E-state index is 0.222. The number of nitrogens with zero attached hydrogens (tertiary/aromatic N) is 2. The number of carbonyl (C=O) groups excluding carboxylic acids is 1. The molecule has 0 saturated carbocycles. The van der Waals surface area contributed by atoms with Gasteiger partial charge < -0.3 is 15.1 Å². The Morgan fingerprint density at radius 2 is 1.95 bits per heavy atom. The summed E-state index contributed by atoms with van der Waals surface area (Å²) >= 11 is 0. The van der Waals surface area contributed by atoms with Crippen LogP contribution in [0.25, 0.3) is 0 Å². The molecule has 0 aliphatic carbocycles. The molecular weight excluding hydrogens is 250 g/mol. The minimum atomic E-state index is 0.222. The molecule has 0 spiro atoms. The molecule has 3 rings (SSSR count). The first-order valence-electron chi connectivity index (χ1n) is 7.56. The van der Waals surface area contributed by atoms with Gasteiger partial charge in [0.15, 0.2) is 0 Å². The molecule has 0 unspecified atom stereocenters. The van der Waals surface area contributed by atoms with Gasteiger partial charge in [0.05, 0.1) is 0 Å². The van der Waals surface area contributed by atoms with E-state index in [4.69, 9.17) is 0 Å². The molecule has 1 aromatic rings. The third-order valence-corrected chi connectivity index (χ3v) is 4.50. The Hall–Kier alpha value is -1.55. The van der Waals surface area contributed by atoms with E-state index in [-0.39, 0.29) is 6.03 Å². The van der Waals surface area contributed by atoms with Crippen molar-refractivity contribution in [2.24, 2.45) is 0 Å². The molecule has 108 valence electrons. The van der Waals surface area contributed by atoms with Crippen molar-refractivity contribution >= 4 is 6.03 Å². The molecule has 2 aliphatic rings. The Labute approximate surface area is 120 Å². The zero-order valence-electron chi connectivity index (χ0n) is 12.1. The summed E-state index contributed by atoms with van der Waals surface area (Å²) in [6.07, 6.45) is 2.17. The quantitative estimate of drug-likeness (QED) is 0.914. The van der Waals surface area contributed by atoms with E-state index in [9.17, 15) is 4.79 Å². The van der Waals surface area contributed by atoms with Gasteiger partial charge in [-0.15, -0.1) is 0 Å². The largest absolute Gasteiger partial charge is 0.320 e. The maximum absolute atomic E-state index is 12.6. The molecule has 1 aromatic carbocycles. The monoisotopic (exact) mass is 273 g/mol. The normalized spacial score (nSPS) is 20.8. The van der Waals surface area contributed by atoms with E-state index >= 15 is 0 Å². The van der Waals surface area contributed by atoms with Crippen molar-refractivity contribution in [3.05, 3.63) is 35.4 Å². The molecular formula is C16H23N3O. The van der Waals surface area contributed by atoms with Gasteiger partial charge in [0.2, 0.25) is 0 Å². The van der Waals surface area contributed by atoms with Gasteiger partial charge in [0, 0.05) is 25.7 Å². The molecule has 2 aliphatic heterocycles. The van der Waals surface area contributed by atoms with E-state index in [0.29, 0.717) is 6.04 Å². The van der Waals surface area contributed by atoms with Crippen LogP contribution in [0.2, 0.25) is 0 Å². The van der Waals surface area contributed by atoms with Crippen molar-refractivity contribution in [1.29, 1.82) is 0 Å². The number of amides is 2. The highest BCUT2D eigenvalue weighted by atomic mass is 16.2. The molecule has 4 nitrogen and oxygen atoms in total. The second kappa shape index (κ2) is 5.83. The van der Waals surface area contributed by atoms with Gasteiger partial charge in [0.25, 0.3) is 0 Å². The highest BCUT2D eigenvalue weighted by molar-refractivity contribution is 5.77. The van der Waals surface area contributed by atoms with Gasteiger partial charge >= 0.3 is 6.03 Å². The van der Waals surface area contributed by atoms with E-state index in [2.05, 4.69) is 29.3 Å². The number of benzene rings is 1. The van der Waals surface area contributed by atoms with Crippen LogP contribution in [-0.4, -0.2) is 48.1 Å². The van der Waals surface area contributed by atoms with Crippen LogP contribution in [0, 0.1) is 6.92 Å². The Bertz CT molecular complexity index is 482. The topological polar surface area (TPSA) is 35.6 Å². The summed E-state index contributed by atoms with van der Waals surface area (Å²) in [5.74, 6) is 0. The van der Waals surface area contributed by atoms with E-state index in [1.807, 2.05) is 17.0 Å². The fourth-order valence-electron chi connectivity index (χ4n) is 3.20. The van der Waals surface area contributed by atoms with E-state index in [1.54, 1.807) is 0 Å². The number of aryl methyl sites for hydroxylation is 1. The average molecular weight is 273 g/mol. The fourth-order valence-corrected chi connectivity index (χ4v) is 3.20. The van der Waals surface area contributed by atoms with Gasteiger partial charge in [-0.05, 0) is 44.0 Å². The second-order valence-corrected chi connectivity index (χ2v) is 5.81. The van der Waals surface area contributed by atoms with Crippen LogP contribution in [0.4, 0.5) is 4.79 Å². The summed E-state index contributed by atoms with van der Waals surface area (Å²) in [4.78, 5) is 16.6. The Morgan fingerprint density at radius 3 is 2.70 bits per heavy atom. The first-order valence-corrected chi connectivity index (χ1v) is 7.56. The lowest BCUT2D eigenvalue weighted by Crippen LogP contribution is -2.45. The molecule has 0 atom stereocenters. The maximum atomic E-state index is 12.6. The molecule has 2 saturated heterocycles. The first-order chi connectivity index (χ1) is 9.75. The van der Waals surface area contributed by atoms with Crippen LogP contribution in [-0.2, 0) is 6.54 Å². The molecule has 2 amide bonds. The molecule has 2 fully saturated rings. The second-order valence-electron chi connectivity index (χ2n) is 5.81. The van der Waals surface area contributed by atoms with Crippen LogP contribution in [0.1, 0.15) is 24.0 Å². The average Bonchev–Trinajstić information content (AvgIpc) is 2.84. The molecule has 4 heteroatoms. The van der Waals surface area contributed by atoms with Crippen LogP contribution in [0.5, 0.6) is 0 Å². The molecule has 20 heavy (non-hydrogen) atoms. The number of rotatable bonds is 3. The van der Waals surface area contributed by atoms with Crippen molar-refractivity contribution in [2.75, 3.05) is 26.2 Å². The summed E-state index contributed by atoms with van der Waals surface area (Å²) in [6, 6.07) is 8.99. The standard InChI is InChI=1S/C16H23N3O/c1-13-4-2-3-5-14(13)12-18-10-11-19(16(18)20)15-6-8-17-9-7-15/h2-5,15,17H,6-12H2,1H3. The third-order valence-electron chi connectivity index (χ3n) is 4.50. The predicted octanol–water partition coefficient (Wildman–Crippen LogP) is 1.98. The number of hydrogen-bond donors (Lipinski definition) is 1. The lowest BCUT2D eigenvalue weighted by Gasteiger charge is -2.31. The number of urea groups is 1. The van der Waals surface area contributed by atoms with Crippen LogP contribution in [0.3, 0.4) is 0 Å². The van der Waals surface area contributed by atoms with Crippen molar-refractivity contribution < 1.29 is 4.79 Å². The Balaban J connectivity index is 1.65. The number of hydrogen-bond acceptors (Lipinski definition) is 2. The Kier molecular flexibility index (Phi) is 3.92. The zero-order chi connectivity index (χ0) is 13.9. The zero-order valence-corrected chi connectivity index (χ0v) is 12.1. The van der Waals surface area contributed by atoms with Crippen LogP contribution < -0.4 is 5.32 Å². The number of piperidine rings is 1. The van der Waals surface area contributed by atoms with Gasteiger partial charge in [-0.25, -0.2) is 4.79 Å². The Morgan fingerprint density at radius 1 is 1.20 bits per heavy atom. The molecule has 0 bridgehead atoms. The fraction of sp³-hybridized carbons (Fsp3) is 0.562. The first kappa shape index (κ1) is 13.4. The minimum Gasteiger partial charge on any atom is -0.320 e. The summed E-state index contributed by atoms with van der Waals surface area (Å²) in [5, 5.41) is 3.36.